The lowest BCUT2D eigenvalue weighted by atomic mass is 10.2. The quantitative estimate of drug-likeness (QED) is 0.777. The lowest BCUT2D eigenvalue weighted by Crippen LogP contribution is -2.31. The molecule has 92 valence electrons. The predicted molar refractivity (Wildman–Crippen MR) is 65.6 cm³/mol. The number of carbonyl (C=O) groups excluding carboxylic acids is 1. The molecule has 0 bridgehead atoms. The highest BCUT2D eigenvalue weighted by Gasteiger charge is 2.21. The molecule has 1 amide bonds. The fourth-order valence-electron chi connectivity index (χ4n) is 1.56. The van der Waals surface area contributed by atoms with E-state index in [0.717, 1.165) is 17.9 Å². The normalized spacial score (nSPS) is 16.5. The highest BCUT2D eigenvalue weighted by atomic mass is 16.5. The Bertz CT molecular complexity index is 402. The lowest BCUT2D eigenvalue weighted by molar-refractivity contribution is -0.124. The minimum atomic E-state index is -0.600. The van der Waals surface area contributed by atoms with Crippen molar-refractivity contribution in [3.8, 4) is 5.75 Å². The molecule has 1 aromatic carbocycles. The molecular weight excluding hydrogens is 216 g/mol. The fraction of sp³-hybridized carbons (Fsp3) is 0.462. The van der Waals surface area contributed by atoms with E-state index in [1.807, 2.05) is 24.3 Å². The van der Waals surface area contributed by atoms with Gasteiger partial charge in [0.05, 0.1) is 0 Å². The number of amides is 1. The van der Waals surface area contributed by atoms with Gasteiger partial charge >= 0.3 is 0 Å². The van der Waals surface area contributed by atoms with Crippen LogP contribution in [0.3, 0.4) is 0 Å². The molecule has 1 unspecified atom stereocenters. The zero-order chi connectivity index (χ0) is 12.3. The fourth-order valence-corrected chi connectivity index (χ4v) is 1.56. The van der Waals surface area contributed by atoms with Gasteiger partial charge in [-0.25, -0.2) is 0 Å². The second kappa shape index (κ2) is 5.19. The standard InChI is InChI=1S/C13H18N2O2/c1-9(13(14)16)17-12-5-3-2-4-10(12)8-15-11-6-7-11/h2-5,9,11,15H,6-8H2,1H3,(H2,14,16). The second-order valence-corrected chi connectivity index (χ2v) is 4.43. The van der Waals surface area contributed by atoms with Crippen molar-refractivity contribution < 1.29 is 9.53 Å². The van der Waals surface area contributed by atoms with Crippen molar-refractivity contribution in [1.29, 1.82) is 0 Å². The molecule has 1 aliphatic rings. The van der Waals surface area contributed by atoms with E-state index in [-0.39, 0.29) is 0 Å². The van der Waals surface area contributed by atoms with E-state index in [4.69, 9.17) is 10.5 Å². The number of primary amides is 1. The van der Waals surface area contributed by atoms with Gasteiger partial charge in [-0.05, 0) is 25.8 Å². The molecule has 0 saturated heterocycles. The summed E-state index contributed by atoms with van der Waals surface area (Å²) in [6, 6.07) is 8.37. The van der Waals surface area contributed by atoms with Crippen molar-refractivity contribution >= 4 is 5.91 Å². The number of ether oxygens (including phenoxy) is 1. The smallest absolute Gasteiger partial charge is 0.258 e. The molecular formula is C13H18N2O2. The van der Waals surface area contributed by atoms with Crippen LogP contribution < -0.4 is 15.8 Å². The first-order valence-corrected chi connectivity index (χ1v) is 5.94. The van der Waals surface area contributed by atoms with Gasteiger partial charge in [0.2, 0.25) is 0 Å². The number of para-hydroxylation sites is 1. The summed E-state index contributed by atoms with van der Waals surface area (Å²) in [5.41, 5.74) is 6.25. The first-order valence-electron chi connectivity index (χ1n) is 5.94. The molecule has 4 nitrogen and oxygen atoms in total. The van der Waals surface area contributed by atoms with Crippen LogP contribution in [0, 0.1) is 0 Å². The monoisotopic (exact) mass is 234 g/mol. The van der Waals surface area contributed by atoms with Crippen molar-refractivity contribution in [3.05, 3.63) is 29.8 Å². The van der Waals surface area contributed by atoms with Gasteiger partial charge in [0.15, 0.2) is 6.10 Å². The zero-order valence-corrected chi connectivity index (χ0v) is 9.98. The highest BCUT2D eigenvalue weighted by Crippen LogP contribution is 2.23. The Labute approximate surface area is 101 Å². The SMILES string of the molecule is CC(Oc1ccccc1CNC1CC1)C(N)=O. The summed E-state index contributed by atoms with van der Waals surface area (Å²) in [5, 5.41) is 3.42. The van der Waals surface area contributed by atoms with Crippen LogP contribution in [0.15, 0.2) is 24.3 Å². The minimum absolute atomic E-state index is 0.449. The van der Waals surface area contributed by atoms with Crippen LogP contribution in [0.1, 0.15) is 25.3 Å². The summed E-state index contributed by atoms with van der Waals surface area (Å²) in [7, 11) is 0. The summed E-state index contributed by atoms with van der Waals surface area (Å²) in [6.07, 6.45) is 1.90. The third kappa shape index (κ3) is 3.46. The van der Waals surface area contributed by atoms with E-state index in [2.05, 4.69) is 5.32 Å². The van der Waals surface area contributed by atoms with E-state index >= 15 is 0 Å². The van der Waals surface area contributed by atoms with Crippen LogP contribution in [0.4, 0.5) is 0 Å². The first kappa shape index (κ1) is 11.9. The van der Waals surface area contributed by atoms with E-state index in [0.29, 0.717) is 6.04 Å². The molecule has 1 saturated carbocycles. The summed E-state index contributed by atoms with van der Waals surface area (Å²) in [4.78, 5) is 11.0. The number of benzene rings is 1. The molecule has 0 aliphatic heterocycles. The number of rotatable bonds is 6. The van der Waals surface area contributed by atoms with Crippen LogP contribution in [-0.2, 0) is 11.3 Å². The van der Waals surface area contributed by atoms with Gasteiger partial charge in [-0.15, -0.1) is 0 Å². The number of nitrogens with two attached hydrogens (primary N) is 1. The average Bonchev–Trinajstić information content (AvgIpc) is 3.11. The van der Waals surface area contributed by atoms with Crippen LogP contribution in [0.5, 0.6) is 5.75 Å². The second-order valence-electron chi connectivity index (χ2n) is 4.43. The average molecular weight is 234 g/mol. The zero-order valence-electron chi connectivity index (χ0n) is 9.98. The molecule has 2 rings (SSSR count). The molecule has 4 heteroatoms. The van der Waals surface area contributed by atoms with Crippen molar-refractivity contribution in [2.24, 2.45) is 5.73 Å². The maximum Gasteiger partial charge on any atom is 0.258 e. The van der Waals surface area contributed by atoms with Gasteiger partial charge in [-0.1, -0.05) is 18.2 Å². The lowest BCUT2D eigenvalue weighted by Gasteiger charge is -2.15. The Morgan fingerprint density at radius 3 is 2.88 bits per heavy atom. The van der Waals surface area contributed by atoms with Crippen molar-refractivity contribution in [2.75, 3.05) is 0 Å². The molecule has 0 heterocycles. The van der Waals surface area contributed by atoms with E-state index in [1.54, 1.807) is 6.92 Å². The van der Waals surface area contributed by atoms with Crippen molar-refractivity contribution in [1.82, 2.24) is 5.32 Å². The molecule has 1 fully saturated rings. The Hall–Kier alpha value is -1.55. The number of nitrogens with one attached hydrogen (secondary N) is 1. The van der Waals surface area contributed by atoms with Crippen LogP contribution in [-0.4, -0.2) is 18.1 Å². The summed E-state index contributed by atoms with van der Waals surface area (Å²) < 4.78 is 5.55. The van der Waals surface area contributed by atoms with E-state index in [1.165, 1.54) is 12.8 Å². The van der Waals surface area contributed by atoms with Gasteiger partial charge in [-0.2, -0.15) is 0 Å². The Morgan fingerprint density at radius 2 is 2.24 bits per heavy atom. The predicted octanol–water partition coefficient (Wildman–Crippen LogP) is 1.19. The maximum absolute atomic E-state index is 11.0. The van der Waals surface area contributed by atoms with Crippen LogP contribution in [0.25, 0.3) is 0 Å². The van der Waals surface area contributed by atoms with Gasteiger partial charge in [0, 0.05) is 18.2 Å². The third-order valence-electron chi connectivity index (χ3n) is 2.84. The van der Waals surface area contributed by atoms with Gasteiger partial charge in [0.1, 0.15) is 5.75 Å². The highest BCUT2D eigenvalue weighted by molar-refractivity contribution is 5.78. The van der Waals surface area contributed by atoms with Crippen molar-refractivity contribution in [2.45, 2.75) is 38.5 Å². The van der Waals surface area contributed by atoms with E-state index in [9.17, 15) is 4.79 Å². The summed E-state index contributed by atoms with van der Waals surface area (Å²) in [5.74, 6) is 0.280. The maximum atomic E-state index is 11.0. The van der Waals surface area contributed by atoms with Crippen LogP contribution in [0.2, 0.25) is 0 Å². The molecule has 3 N–H and O–H groups in total. The molecule has 17 heavy (non-hydrogen) atoms. The van der Waals surface area contributed by atoms with Crippen LogP contribution >= 0.6 is 0 Å². The Balaban J connectivity index is 2.00. The largest absolute Gasteiger partial charge is 0.481 e. The Morgan fingerprint density at radius 1 is 1.53 bits per heavy atom. The van der Waals surface area contributed by atoms with Gasteiger partial charge in [0.25, 0.3) is 5.91 Å². The summed E-state index contributed by atoms with van der Waals surface area (Å²) in [6.45, 7) is 2.43. The molecule has 0 spiro atoms. The molecule has 0 radical (unpaired) electrons. The van der Waals surface area contributed by atoms with E-state index < -0.39 is 12.0 Å². The Kier molecular flexibility index (Phi) is 3.64. The topological polar surface area (TPSA) is 64.3 Å². The first-order chi connectivity index (χ1) is 8.16. The number of hydrogen-bond acceptors (Lipinski definition) is 3. The number of hydrogen-bond donors (Lipinski definition) is 2. The van der Waals surface area contributed by atoms with Crippen molar-refractivity contribution in [3.63, 3.8) is 0 Å². The molecule has 1 atom stereocenters. The molecule has 1 aliphatic carbocycles. The number of carbonyl (C=O) groups is 1. The third-order valence-corrected chi connectivity index (χ3v) is 2.84. The summed E-state index contributed by atoms with van der Waals surface area (Å²) >= 11 is 0. The molecule has 0 aromatic heterocycles. The van der Waals surface area contributed by atoms with Gasteiger partial charge in [-0.3, -0.25) is 4.79 Å². The minimum Gasteiger partial charge on any atom is -0.481 e. The molecule has 1 aromatic rings. The van der Waals surface area contributed by atoms with Gasteiger partial charge < -0.3 is 15.8 Å².